The molecule has 8 nitrogen and oxygen atoms in total. The molecule has 31 heavy (non-hydrogen) atoms. The molecule has 1 saturated carbocycles. The first-order chi connectivity index (χ1) is 14.8. The summed E-state index contributed by atoms with van der Waals surface area (Å²) in [4.78, 5) is 38.0. The van der Waals surface area contributed by atoms with E-state index in [1.165, 1.54) is 0 Å². The van der Waals surface area contributed by atoms with Crippen molar-refractivity contribution in [1.29, 1.82) is 0 Å². The first-order valence-electron chi connectivity index (χ1n) is 9.88. The van der Waals surface area contributed by atoms with E-state index in [0.717, 1.165) is 19.8 Å². The largest absolute Gasteiger partial charge is 0.468 e. The third kappa shape index (κ3) is 3.67. The van der Waals surface area contributed by atoms with Crippen molar-refractivity contribution in [1.82, 2.24) is 0 Å². The second-order valence-corrected chi connectivity index (χ2v) is 7.79. The number of hydrogen-bond donors (Lipinski definition) is 1. The van der Waals surface area contributed by atoms with E-state index < -0.39 is 46.3 Å². The highest BCUT2D eigenvalue weighted by molar-refractivity contribution is 6.02. The number of nitrogens with zero attached hydrogens (tertiary/aromatic N) is 1. The van der Waals surface area contributed by atoms with Crippen LogP contribution in [-0.2, 0) is 19.1 Å². The Morgan fingerprint density at radius 2 is 1.55 bits per heavy atom. The van der Waals surface area contributed by atoms with Crippen molar-refractivity contribution in [2.75, 3.05) is 14.2 Å². The van der Waals surface area contributed by atoms with Crippen molar-refractivity contribution in [3.05, 3.63) is 81.4 Å². The van der Waals surface area contributed by atoms with Crippen LogP contribution in [0.4, 0.5) is 0 Å². The maximum absolute atomic E-state index is 13.0. The molecule has 0 aliphatic heterocycles. The smallest absolute Gasteiger partial charge is 0.326 e. The van der Waals surface area contributed by atoms with Crippen molar-refractivity contribution in [3.8, 4) is 0 Å². The maximum Gasteiger partial charge on any atom is 0.326 e. The van der Waals surface area contributed by atoms with Gasteiger partial charge in [-0.05, 0) is 24.5 Å². The van der Waals surface area contributed by atoms with Crippen LogP contribution in [0, 0.1) is 22.5 Å². The van der Waals surface area contributed by atoms with E-state index in [0.29, 0.717) is 11.1 Å². The summed E-state index contributed by atoms with van der Waals surface area (Å²) in [6.07, 6.45) is -1.73. The molecule has 0 saturated heterocycles. The SMILES string of the molecule is COC(=O)C1(C(=O)OC)[C@H](O)C[C@@H](c2ccc(C)cc2)[C@@H]([N+](=O)[O-])[C@@H]1c1ccccc1. The van der Waals surface area contributed by atoms with Gasteiger partial charge in [-0.15, -0.1) is 0 Å². The molecule has 0 heterocycles. The molecule has 3 rings (SSSR count). The number of hydrogen-bond acceptors (Lipinski definition) is 7. The number of benzene rings is 2. The third-order valence-electron chi connectivity index (χ3n) is 6.20. The molecule has 164 valence electrons. The van der Waals surface area contributed by atoms with E-state index in [-0.39, 0.29) is 6.42 Å². The van der Waals surface area contributed by atoms with E-state index in [1.54, 1.807) is 42.5 Å². The monoisotopic (exact) mass is 427 g/mol. The van der Waals surface area contributed by atoms with E-state index in [2.05, 4.69) is 0 Å². The van der Waals surface area contributed by atoms with Crippen molar-refractivity contribution in [2.24, 2.45) is 5.41 Å². The number of carbonyl (C=O) groups is 2. The van der Waals surface area contributed by atoms with Gasteiger partial charge in [0.15, 0.2) is 0 Å². The summed E-state index contributed by atoms with van der Waals surface area (Å²) in [6, 6.07) is 14.1. The molecule has 0 aromatic heterocycles. The zero-order valence-corrected chi connectivity index (χ0v) is 17.6. The van der Waals surface area contributed by atoms with Crippen LogP contribution < -0.4 is 0 Å². The van der Waals surface area contributed by atoms with E-state index in [9.17, 15) is 24.8 Å². The van der Waals surface area contributed by atoms with Crippen LogP contribution in [0.1, 0.15) is 34.9 Å². The fourth-order valence-electron chi connectivity index (χ4n) is 4.76. The summed E-state index contributed by atoms with van der Waals surface area (Å²) >= 11 is 0. The van der Waals surface area contributed by atoms with E-state index >= 15 is 0 Å². The topological polar surface area (TPSA) is 116 Å². The molecule has 0 radical (unpaired) electrons. The minimum Gasteiger partial charge on any atom is -0.468 e. The lowest BCUT2D eigenvalue weighted by Gasteiger charge is -2.46. The predicted octanol–water partition coefficient (Wildman–Crippen LogP) is 2.60. The molecule has 1 N–H and O–H groups in total. The fourth-order valence-corrected chi connectivity index (χ4v) is 4.76. The molecule has 0 amide bonds. The summed E-state index contributed by atoms with van der Waals surface area (Å²) in [6.45, 7) is 1.90. The highest BCUT2D eigenvalue weighted by atomic mass is 16.6. The quantitative estimate of drug-likeness (QED) is 0.337. The maximum atomic E-state index is 13.0. The lowest BCUT2D eigenvalue weighted by atomic mass is 9.56. The van der Waals surface area contributed by atoms with Crippen LogP contribution in [0.2, 0.25) is 0 Å². The number of ether oxygens (including phenoxy) is 2. The fraction of sp³-hybridized carbons (Fsp3) is 0.391. The Morgan fingerprint density at radius 3 is 2.03 bits per heavy atom. The van der Waals surface area contributed by atoms with Gasteiger partial charge in [-0.2, -0.15) is 0 Å². The van der Waals surface area contributed by atoms with Crippen LogP contribution in [0.25, 0.3) is 0 Å². The number of nitro groups is 1. The predicted molar refractivity (Wildman–Crippen MR) is 111 cm³/mol. The molecule has 0 unspecified atom stereocenters. The number of carbonyl (C=O) groups excluding carboxylic acids is 2. The highest BCUT2D eigenvalue weighted by Crippen LogP contribution is 2.54. The number of aliphatic hydroxyl groups is 1. The van der Waals surface area contributed by atoms with E-state index in [4.69, 9.17) is 9.47 Å². The summed E-state index contributed by atoms with van der Waals surface area (Å²) < 4.78 is 9.80. The van der Waals surface area contributed by atoms with Gasteiger partial charge in [0.1, 0.15) is 0 Å². The highest BCUT2D eigenvalue weighted by Gasteiger charge is 2.69. The molecule has 2 aromatic carbocycles. The first kappa shape index (κ1) is 22.4. The van der Waals surface area contributed by atoms with Crippen LogP contribution in [0.5, 0.6) is 0 Å². The Bertz CT molecular complexity index is 942. The Morgan fingerprint density at radius 1 is 1.00 bits per heavy atom. The molecule has 0 spiro atoms. The number of methoxy groups -OCH3 is 2. The first-order valence-corrected chi connectivity index (χ1v) is 9.88. The van der Waals surface area contributed by atoms with Crippen LogP contribution >= 0.6 is 0 Å². The second kappa shape index (κ2) is 8.85. The summed E-state index contributed by atoms with van der Waals surface area (Å²) in [5.74, 6) is -4.17. The lowest BCUT2D eigenvalue weighted by Crippen LogP contribution is -2.62. The van der Waals surface area contributed by atoms with Gasteiger partial charge >= 0.3 is 11.9 Å². The van der Waals surface area contributed by atoms with Gasteiger partial charge in [-0.1, -0.05) is 60.2 Å². The molecule has 1 aliphatic carbocycles. The Balaban J connectivity index is 2.31. The average molecular weight is 427 g/mol. The average Bonchev–Trinajstić information content (AvgIpc) is 2.78. The van der Waals surface area contributed by atoms with Crippen LogP contribution in [0.3, 0.4) is 0 Å². The van der Waals surface area contributed by atoms with Gasteiger partial charge in [0.2, 0.25) is 11.5 Å². The van der Waals surface area contributed by atoms with Crippen LogP contribution in [0.15, 0.2) is 54.6 Å². The molecule has 1 aliphatic rings. The van der Waals surface area contributed by atoms with Gasteiger partial charge < -0.3 is 14.6 Å². The standard InChI is InChI=1S/C23H25NO7/c1-14-9-11-15(12-10-14)17-13-18(25)23(21(26)30-2,22(27)31-3)19(20(17)24(28)29)16-7-5-4-6-8-16/h4-12,17-20,25H,13H2,1-3H3/t17-,18+,19-,20+/m0/s1. The molecule has 2 aromatic rings. The summed E-state index contributed by atoms with van der Waals surface area (Å²) in [7, 11) is 2.16. The summed E-state index contributed by atoms with van der Waals surface area (Å²) in [5.41, 5.74) is -0.272. The molecular formula is C23H25NO7. The van der Waals surface area contributed by atoms with Crippen molar-refractivity contribution in [2.45, 2.75) is 37.3 Å². The third-order valence-corrected chi connectivity index (χ3v) is 6.20. The number of aryl methyl sites for hydroxylation is 1. The zero-order valence-electron chi connectivity index (χ0n) is 17.6. The number of esters is 2. The minimum absolute atomic E-state index is 0.178. The van der Waals surface area contributed by atoms with Gasteiger partial charge in [0.05, 0.1) is 32.2 Å². The zero-order chi connectivity index (χ0) is 22.8. The van der Waals surface area contributed by atoms with Crippen LogP contribution in [-0.4, -0.2) is 48.3 Å². The van der Waals surface area contributed by atoms with Gasteiger partial charge in [0, 0.05) is 4.92 Å². The van der Waals surface area contributed by atoms with Gasteiger partial charge in [-0.25, -0.2) is 0 Å². The Labute approximate surface area is 179 Å². The number of aliphatic hydroxyl groups excluding tert-OH is 1. The Kier molecular flexibility index (Phi) is 6.40. The van der Waals surface area contributed by atoms with Crippen molar-refractivity contribution < 1.29 is 29.1 Å². The number of rotatable bonds is 5. The molecular weight excluding hydrogens is 402 g/mol. The molecule has 4 atom stereocenters. The normalized spacial score (nSPS) is 24.8. The summed E-state index contributed by atoms with van der Waals surface area (Å²) in [5, 5.41) is 23.6. The van der Waals surface area contributed by atoms with Crippen molar-refractivity contribution >= 4 is 11.9 Å². The lowest BCUT2D eigenvalue weighted by molar-refractivity contribution is -0.538. The molecule has 1 fully saturated rings. The van der Waals surface area contributed by atoms with Gasteiger partial charge in [-0.3, -0.25) is 19.7 Å². The van der Waals surface area contributed by atoms with E-state index in [1.807, 2.05) is 19.1 Å². The minimum atomic E-state index is -2.27. The Hall–Kier alpha value is -3.26. The van der Waals surface area contributed by atoms with Crippen molar-refractivity contribution in [3.63, 3.8) is 0 Å². The van der Waals surface area contributed by atoms with Gasteiger partial charge in [0.25, 0.3) is 0 Å². The molecule has 8 heteroatoms. The second-order valence-electron chi connectivity index (χ2n) is 7.79. The molecule has 0 bridgehead atoms.